The van der Waals surface area contributed by atoms with E-state index in [0.717, 1.165) is 11.5 Å². The fraction of sp³-hybridized carbons (Fsp3) is 0.400. The summed E-state index contributed by atoms with van der Waals surface area (Å²) in [7, 11) is 1.78. The third kappa shape index (κ3) is 5.11. The summed E-state index contributed by atoms with van der Waals surface area (Å²) in [5, 5.41) is 0.555. The molecule has 0 N–H and O–H groups in total. The summed E-state index contributed by atoms with van der Waals surface area (Å²) >= 11 is 5.97. The number of halogens is 1. The van der Waals surface area contributed by atoms with Gasteiger partial charge < -0.3 is 14.2 Å². The average Bonchev–Trinajstić information content (AvgIpc) is 3.06. The fourth-order valence-corrected chi connectivity index (χ4v) is 3.31. The Morgan fingerprint density at radius 2 is 1.89 bits per heavy atom. The highest BCUT2D eigenvalue weighted by atomic mass is 35.5. The van der Waals surface area contributed by atoms with E-state index in [1.54, 1.807) is 36.2 Å². The van der Waals surface area contributed by atoms with Gasteiger partial charge >= 0.3 is 0 Å². The van der Waals surface area contributed by atoms with Gasteiger partial charge in [0.2, 0.25) is 5.91 Å². The maximum absolute atomic E-state index is 12.6. The summed E-state index contributed by atoms with van der Waals surface area (Å²) in [5.74, 6) is 1.64. The normalized spacial score (nSPS) is 15.0. The van der Waals surface area contributed by atoms with Crippen LogP contribution in [0, 0.1) is 6.92 Å². The topological polar surface area (TPSA) is 57.0 Å². The van der Waals surface area contributed by atoms with E-state index in [1.165, 1.54) is 0 Å². The Kier molecular flexibility index (Phi) is 6.19. The predicted molar refractivity (Wildman–Crippen MR) is 104 cm³/mol. The SMILES string of the molecule is Cc1ccc(CN(C)C(=O)CN2CCN(C(=O)c3cccc(Cl)c3)CC2)o1. The van der Waals surface area contributed by atoms with Crippen LogP contribution in [0.1, 0.15) is 21.9 Å². The second kappa shape index (κ2) is 8.59. The quantitative estimate of drug-likeness (QED) is 0.788. The van der Waals surface area contributed by atoms with Crippen LogP contribution in [0.15, 0.2) is 40.8 Å². The largest absolute Gasteiger partial charge is 0.464 e. The Balaban J connectivity index is 1.47. The van der Waals surface area contributed by atoms with Crippen molar-refractivity contribution in [3.8, 4) is 0 Å². The van der Waals surface area contributed by atoms with E-state index in [4.69, 9.17) is 16.0 Å². The van der Waals surface area contributed by atoms with E-state index in [2.05, 4.69) is 4.90 Å². The van der Waals surface area contributed by atoms with Crippen molar-refractivity contribution in [2.45, 2.75) is 13.5 Å². The summed E-state index contributed by atoms with van der Waals surface area (Å²) < 4.78 is 5.52. The highest BCUT2D eigenvalue weighted by Gasteiger charge is 2.24. The van der Waals surface area contributed by atoms with Crippen molar-refractivity contribution in [2.24, 2.45) is 0 Å². The second-order valence-electron chi connectivity index (χ2n) is 6.84. The zero-order chi connectivity index (χ0) is 19.4. The minimum atomic E-state index is -0.0196. The van der Waals surface area contributed by atoms with E-state index in [9.17, 15) is 9.59 Å². The van der Waals surface area contributed by atoms with Crippen LogP contribution < -0.4 is 0 Å². The number of rotatable bonds is 5. The molecule has 27 heavy (non-hydrogen) atoms. The number of piperazine rings is 1. The van der Waals surface area contributed by atoms with Crippen LogP contribution in [0.4, 0.5) is 0 Å². The highest BCUT2D eigenvalue weighted by molar-refractivity contribution is 6.30. The molecule has 2 heterocycles. The van der Waals surface area contributed by atoms with Gasteiger partial charge in [0.25, 0.3) is 5.91 Å². The molecule has 1 aliphatic heterocycles. The summed E-state index contributed by atoms with van der Waals surface area (Å²) in [6.07, 6.45) is 0. The van der Waals surface area contributed by atoms with Gasteiger partial charge in [0.15, 0.2) is 0 Å². The van der Waals surface area contributed by atoms with Gasteiger partial charge in [0.05, 0.1) is 13.1 Å². The molecular weight excluding hydrogens is 366 g/mol. The van der Waals surface area contributed by atoms with Crippen molar-refractivity contribution in [3.05, 3.63) is 58.5 Å². The highest BCUT2D eigenvalue weighted by Crippen LogP contribution is 2.14. The van der Waals surface area contributed by atoms with Gasteiger partial charge in [-0.3, -0.25) is 14.5 Å². The first-order chi connectivity index (χ1) is 12.9. The Hall–Kier alpha value is -2.31. The molecule has 6 nitrogen and oxygen atoms in total. The first-order valence-corrected chi connectivity index (χ1v) is 9.36. The third-order valence-electron chi connectivity index (χ3n) is 4.70. The van der Waals surface area contributed by atoms with E-state index in [-0.39, 0.29) is 11.8 Å². The number of furan rings is 1. The van der Waals surface area contributed by atoms with E-state index in [1.807, 2.05) is 24.0 Å². The Morgan fingerprint density at radius 3 is 2.52 bits per heavy atom. The van der Waals surface area contributed by atoms with Gasteiger partial charge in [0.1, 0.15) is 11.5 Å². The molecule has 1 saturated heterocycles. The van der Waals surface area contributed by atoms with Gasteiger partial charge in [-0.15, -0.1) is 0 Å². The van der Waals surface area contributed by atoms with Crippen LogP contribution in [-0.4, -0.2) is 66.3 Å². The Morgan fingerprint density at radius 1 is 1.15 bits per heavy atom. The molecule has 2 amide bonds. The molecule has 1 aromatic heterocycles. The molecule has 0 atom stereocenters. The molecule has 7 heteroatoms. The molecule has 0 bridgehead atoms. The molecule has 0 saturated carbocycles. The van der Waals surface area contributed by atoms with Gasteiger partial charge in [0, 0.05) is 43.8 Å². The number of amides is 2. The van der Waals surface area contributed by atoms with Crippen molar-refractivity contribution < 1.29 is 14.0 Å². The monoisotopic (exact) mass is 389 g/mol. The van der Waals surface area contributed by atoms with Crippen LogP contribution in [0.3, 0.4) is 0 Å². The molecule has 3 rings (SSSR count). The van der Waals surface area contributed by atoms with E-state index >= 15 is 0 Å². The predicted octanol–water partition coefficient (Wildman–Crippen LogP) is 2.66. The average molecular weight is 390 g/mol. The summed E-state index contributed by atoms with van der Waals surface area (Å²) in [6.45, 7) is 5.22. The lowest BCUT2D eigenvalue weighted by molar-refractivity contribution is -0.132. The number of carbonyl (C=O) groups is 2. The first-order valence-electron chi connectivity index (χ1n) is 8.99. The molecular formula is C20H24ClN3O3. The number of likely N-dealkylation sites (N-methyl/N-ethyl adjacent to an activating group) is 1. The maximum atomic E-state index is 12.6. The van der Waals surface area contributed by atoms with Crippen LogP contribution in [-0.2, 0) is 11.3 Å². The van der Waals surface area contributed by atoms with Crippen molar-refractivity contribution in [1.82, 2.24) is 14.7 Å². The molecule has 0 unspecified atom stereocenters. The summed E-state index contributed by atoms with van der Waals surface area (Å²) in [4.78, 5) is 30.6. The third-order valence-corrected chi connectivity index (χ3v) is 4.94. The number of carbonyl (C=O) groups excluding carboxylic acids is 2. The smallest absolute Gasteiger partial charge is 0.253 e. The lowest BCUT2D eigenvalue weighted by atomic mass is 10.2. The van der Waals surface area contributed by atoms with Crippen molar-refractivity contribution in [1.29, 1.82) is 0 Å². The van der Waals surface area contributed by atoms with Gasteiger partial charge in [-0.2, -0.15) is 0 Å². The number of hydrogen-bond donors (Lipinski definition) is 0. The van der Waals surface area contributed by atoms with E-state index < -0.39 is 0 Å². The Labute approximate surface area is 164 Å². The Bertz CT molecular complexity index is 812. The summed E-state index contributed by atoms with van der Waals surface area (Å²) in [5.41, 5.74) is 0.598. The zero-order valence-electron chi connectivity index (χ0n) is 15.7. The molecule has 0 radical (unpaired) electrons. The molecule has 1 aliphatic rings. The van der Waals surface area contributed by atoms with Crippen LogP contribution in [0.2, 0.25) is 5.02 Å². The minimum Gasteiger partial charge on any atom is -0.464 e. The molecule has 1 fully saturated rings. The maximum Gasteiger partial charge on any atom is 0.253 e. The van der Waals surface area contributed by atoms with Gasteiger partial charge in [-0.1, -0.05) is 17.7 Å². The lowest BCUT2D eigenvalue weighted by Crippen LogP contribution is -2.51. The fourth-order valence-electron chi connectivity index (χ4n) is 3.12. The molecule has 0 aliphatic carbocycles. The summed E-state index contributed by atoms with van der Waals surface area (Å²) in [6, 6.07) is 10.8. The number of hydrogen-bond acceptors (Lipinski definition) is 4. The first kappa shape index (κ1) is 19.5. The van der Waals surface area contributed by atoms with Crippen LogP contribution in [0.25, 0.3) is 0 Å². The van der Waals surface area contributed by atoms with Gasteiger partial charge in [-0.25, -0.2) is 0 Å². The number of benzene rings is 1. The number of nitrogens with zero attached hydrogens (tertiary/aromatic N) is 3. The van der Waals surface area contributed by atoms with Crippen molar-refractivity contribution in [2.75, 3.05) is 39.8 Å². The van der Waals surface area contributed by atoms with E-state index in [0.29, 0.717) is 49.9 Å². The van der Waals surface area contributed by atoms with Crippen LogP contribution in [0.5, 0.6) is 0 Å². The minimum absolute atomic E-state index is 0.0196. The standard InChI is InChI=1S/C20H24ClN3O3/c1-15-6-7-18(27-15)13-22(2)19(25)14-23-8-10-24(11-9-23)20(26)16-4-3-5-17(21)12-16/h3-7,12H,8-11,13-14H2,1-2H3. The second-order valence-corrected chi connectivity index (χ2v) is 7.28. The van der Waals surface area contributed by atoms with Crippen molar-refractivity contribution >= 4 is 23.4 Å². The molecule has 1 aromatic carbocycles. The van der Waals surface area contributed by atoms with Gasteiger partial charge in [-0.05, 0) is 37.3 Å². The number of aryl methyl sites for hydroxylation is 1. The van der Waals surface area contributed by atoms with Crippen LogP contribution >= 0.6 is 11.6 Å². The van der Waals surface area contributed by atoms with Crippen molar-refractivity contribution in [3.63, 3.8) is 0 Å². The molecule has 0 spiro atoms. The molecule has 144 valence electrons. The zero-order valence-corrected chi connectivity index (χ0v) is 16.4. The molecule has 2 aromatic rings. The lowest BCUT2D eigenvalue weighted by Gasteiger charge is -2.35.